The number of methoxy groups -OCH3 is 1. The summed E-state index contributed by atoms with van der Waals surface area (Å²) in [5.74, 6) is 0.639. The number of benzene rings is 2. The first kappa shape index (κ1) is 18.1. The standard InChI is InChI=1S/C19H14ClN3O2S/c1-25-16-7-2-12-8-13(10-21)19(23-17(12)9-16)26-11-18(24)22-15-5-3-14(20)4-6-15/h2-9H,11H2,1H3,(H,22,24). The Bertz CT molecular complexity index is 1000. The number of nitrogens with one attached hydrogen (secondary N) is 1. The lowest BCUT2D eigenvalue weighted by Gasteiger charge is -2.08. The third-order valence-electron chi connectivity index (χ3n) is 3.58. The third-order valence-corrected chi connectivity index (χ3v) is 4.82. The molecule has 5 nitrogen and oxygen atoms in total. The van der Waals surface area contributed by atoms with Crippen molar-refractivity contribution in [3.8, 4) is 11.8 Å². The lowest BCUT2D eigenvalue weighted by atomic mass is 10.1. The fourth-order valence-electron chi connectivity index (χ4n) is 2.31. The van der Waals surface area contributed by atoms with Crippen LogP contribution in [0.1, 0.15) is 5.56 Å². The number of hydrogen-bond acceptors (Lipinski definition) is 5. The van der Waals surface area contributed by atoms with Gasteiger partial charge in [0.15, 0.2) is 0 Å². The van der Waals surface area contributed by atoms with Crippen LogP contribution in [0.3, 0.4) is 0 Å². The lowest BCUT2D eigenvalue weighted by molar-refractivity contribution is -0.113. The number of carbonyl (C=O) groups is 1. The molecule has 0 aliphatic heterocycles. The highest BCUT2D eigenvalue weighted by Gasteiger charge is 2.11. The topological polar surface area (TPSA) is 75.0 Å². The number of nitrogens with zero attached hydrogens (tertiary/aromatic N) is 2. The van der Waals surface area contributed by atoms with Crippen molar-refractivity contribution in [3.05, 3.63) is 59.1 Å². The summed E-state index contributed by atoms with van der Waals surface area (Å²) in [4.78, 5) is 16.6. The molecule has 130 valence electrons. The molecule has 1 aromatic heterocycles. The number of aromatic nitrogens is 1. The van der Waals surface area contributed by atoms with Crippen LogP contribution in [0.25, 0.3) is 10.9 Å². The van der Waals surface area contributed by atoms with E-state index in [0.717, 1.165) is 5.39 Å². The van der Waals surface area contributed by atoms with E-state index in [4.69, 9.17) is 16.3 Å². The summed E-state index contributed by atoms with van der Waals surface area (Å²) in [6.07, 6.45) is 0. The van der Waals surface area contributed by atoms with Crippen molar-refractivity contribution < 1.29 is 9.53 Å². The summed E-state index contributed by atoms with van der Waals surface area (Å²) in [7, 11) is 1.58. The predicted molar refractivity (Wildman–Crippen MR) is 104 cm³/mol. The van der Waals surface area contributed by atoms with Crippen molar-refractivity contribution >= 4 is 45.9 Å². The van der Waals surface area contributed by atoms with Crippen LogP contribution in [0.2, 0.25) is 5.02 Å². The van der Waals surface area contributed by atoms with Gasteiger partial charge in [0, 0.05) is 22.2 Å². The van der Waals surface area contributed by atoms with Crippen molar-refractivity contribution in [1.29, 1.82) is 5.26 Å². The van der Waals surface area contributed by atoms with Crippen molar-refractivity contribution in [2.45, 2.75) is 5.03 Å². The maximum Gasteiger partial charge on any atom is 0.234 e. The average Bonchev–Trinajstić information content (AvgIpc) is 2.66. The molecule has 0 unspecified atom stereocenters. The lowest BCUT2D eigenvalue weighted by Crippen LogP contribution is -2.14. The minimum Gasteiger partial charge on any atom is -0.497 e. The Balaban J connectivity index is 1.75. The zero-order chi connectivity index (χ0) is 18.5. The van der Waals surface area contributed by atoms with Gasteiger partial charge in [-0.15, -0.1) is 0 Å². The Morgan fingerprint density at radius 3 is 2.73 bits per heavy atom. The number of amides is 1. The minimum absolute atomic E-state index is 0.139. The second-order valence-corrected chi connectivity index (χ2v) is 6.76. The van der Waals surface area contributed by atoms with Gasteiger partial charge in [0.2, 0.25) is 5.91 Å². The summed E-state index contributed by atoms with van der Waals surface area (Å²) in [6, 6.07) is 16.2. The maximum atomic E-state index is 12.1. The van der Waals surface area contributed by atoms with E-state index in [1.807, 2.05) is 12.1 Å². The zero-order valence-corrected chi connectivity index (χ0v) is 15.4. The number of nitriles is 1. The zero-order valence-electron chi connectivity index (χ0n) is 13.8. The summed E-state index contributed by atoms with van der Waals surface area (Å²) in [5.41, 5.74) is 1.81. The van der Waals surface area contributed by atoms with Gasteiger partial charge >= 0.3 is 0 Å². The van der Waals surface area contributed by atoms with Gasteiger partial charge in [-0.2, -0.15) is 5.26 Å². The molecule has 1 amide bonds. The van der Waals surface area contributed by atoms with Crippen LogP contribution in [0, 0.1) is 11.3 Å². The minimum atomic E-state index is -0.186. The molecular weight excluding hydrogens is 370 g/mol. The Morgan fingerprint density at radius 2 is 2.04 bits per heavy atom. The second-order valence-electron chi connectivity index (χ2n) is 5.36. The normalized spacial score (nSPS) is 10.3. The van der Waals surface area contributed by atoms with E-state index in [1.54, 1.807) is 43.5 Å². The largest absolute Gasteiger partial charge is 0.497 e. The number of thioether (sulfide) groups is 1. The van der Waals surface area contributed by atoms with Gasteiger partial charge in [0.1, 0.15) is 16.8 Å². The Hall–Kier alpha value is -2.75. The van der Waals surface area contributed by atoms with Gasteiger partial charge in [0.05, 0.1) is 23.9 Å². The van der Waals surface area contributed by atoms with E-state index < -0.39 is 0 Å². The molecule has 1 heterocycles. The molecule has 0 aliphatic carbocycles. The molecule has 0 fully saturated rings. The Kier molecular flexibility index (Phi) is 5.61. The molecule has 0 spiro atoms. The van der Waals surface area contributed by atoms with E-state index in [2.05, 4.69) is 16.4 Å². The predicted octanol–water partition coefficient (Wildman–Crippen LogP) is 4.50. The number of hydrogen-bond donors (Lipinski definition) is 1. The van der Waals surface area contributed by atoms with E-state index in [0.29, 0.717) is 32.6 Å². The second kappa shape index (κ2) is 8.09. The van der Waals surface area contributed by atoms with Gasteiger partial charge in [0.25, 0.3) is 0 Å². The average molecular weight is 384 g/mol. The Morgan fingerprint density at radius 1 is 1.27 bits per heavy atom. The molecule has 3 rings (SSSR count). The van der Waals surface area contributed by atoms with Crippen LogP contribution in [0.5, 0.6) is 5.75 Å². The van der Waals surface area contributed by atoms with Crippen LogP contribution in [0.4, 0.5) is 5.69 Å². The van der Waals surface area contributed by atoms with E-state index >= 15 is 0 Å². The van der Waals surface area contributed by atoms with Crippen molar-refractivity contribution in [2.75, 3.05) is 18.2 Å². The first-order chi connectivity index (χ1) is 12.6. The molecule has 1 N–H and O–H groups in total. The van der Waals surface area contributed by atoms with Gasteiger partial charge in [-0.1, -0.05) is 23.4 Å². The van der Waals surface area contributed by atoms with Gasteiger partial charge in [-0.05, 0) is 42.5 Å². The van der Waals surface area contributed by atoms with Crippen LogP contribution in [0.15, 0.2) is 53.6 Å². The monoisotopic (exact) mass is 383 g/mol. The molecule has 3 aromatic rings. The molecule has 0 saturated heterocycles. The molecule has 0 aliphatic rings. The van der Waals surface area contributed by atoms with Gasteiger partial charge in [-0.3, -0.25) is 4.79 Å². The first-order valence-electron chi connectivity index (χ1n) is 7.66. The molecule has 0 bridgehead atoms. The van der Waals surface area contributed by atoms with E-state index in [-0.39, 0.29) is 11.7 Å². The third kappa shape index (κ3) is 4.26. The SMILES string of the molecule is COc1ccc2cc(C#N)c(SCC(=O)Nc3ccc(Cl)cc3)nc2c1. The number of ether oxygens (including phenoxy) is 1. The van der Waals surface area contributed by atoms with Crippen LogP contribution in [-0.2, 0) is 4.79 Å². The fourth-order valence-corrected chi connectivity index (χ4v) is 3.20. The van der Waals surface area contributed by atoms with Crippen LogP contribution < -0.4 is 10.1 Å². The van der Waals surface area contributed by atoms with Crippen molar-refractivity contribution in [3.63, 3.8) is 0 Å². The van der Waals surface area contributed by atoms with Crippen LogP contribution in [-0.4, -0.2) is 23.8 Å². The van der Waals surface area contributed by atoms with Gasteiger partial charge in [-0.25, -0.2) is 4.98 Å². The number of halogens is 1. The summed E-state index contributed by atoms with van der Waals surface area (Å²) >= 11 is 7.05. The highest BCUT2D eigenvalue weighted by Crippen LogP contribution is 2.27. The fraction of sp³-hybridized carbons (Fsp3) is 0.105. The van der Waals surface area contributed by atoms with E-state index in [9.17, 15) is 10.1 Å². The number of rotatable bonds is 5. The molecule has 2 aromatic carbocycles. The highest BCUT2D eigenvalue weighted by molar-refractivity contribution is 8.00. The smallest absolute Gasteiger partial charge is 0.234 e. The van der Waals surface area contributed by atoms with Gasteiger partial charge < -0.3 is 10.1 Å². The molecule has 26 heavy (non-hydrogen) atoms. The number of fused-ring (bicyclic) bond motifs is 1. The highest BCUT2D eigenvalue weighted by atomic mass is 35.5. The Labute approximate surface area is 159 Å². The molecule has 0 radical (unpaired) electrons. The van der Waals surface area contributed by atoms with Crippen molar-refractivity contribution in [2.24, 2.45) is 0 Å². The summed E-state index contributed by atoms with van der Waals surface area (Å²) < 4.78 is 5.21. The molecular formula is C19H14ClN3O2S. The number of carbonyl (C=O) groups excluding carboxylic acids is 1. The first-order valence-corrected chi connectivity index (χ1v) is 9.02. The number of pyridine rings is 1. The molecule has 0 atom stereocenters. The maximum absolute atomic E-state index is 12.1. The molecule has 0 saturated carbocycles. The van der Waals surface area contributed by atoms with Crippen molar-refractivity contribution in [1.82, 2.24) is 4.98 Å². The van der Waals surface area contributed by atoms with Crippen LogP contribution >= 0.6 is 23.4 Å². The summed E-state index contributed by atoms with van der Waals surface area (Å²) in [6.45, 7) is 0. The quantitative estimate of drug-likeness (QED) is 0.656. The summed E-state index contributed by atoms with van der Waals surface area (Å²) in [5, 5.41) is 14.1. The molecule has 7 heteroatoms. The van der Waals surface area contributed by atoms with E-state index in [1.165, 1.54) is 11.8 Å². The number of anilines is 1.